The van der Waals surface area contributed by atoms with E-state index in [-0.39, 0.29) is 31.1 Å². The van der Waals surface area contributed by atoms with Crippen LogP contribution in [0.25, 0.3) is 0 Å². The van der Waals surface area contributed by atoms with Gasteiger partial charge in [0.2, 0.25) is 0 Å². The van der Waals surface area contributed by atoms with Crippen molar-refractivity contribution in [2.24, 2.45) is 0 Å². The van der Waals surface area contributed by atoms with Crippen molar-refractivity contribution in [2.45, 2.75) is 329 Å². The Balaban J connectivity index is 4.30. The Morgan fingerprint density at radius 2 is 0.514 bits per heavy atom. The zero-order chi connectivity index (χ0) is 50.7. The maximum absolute atomic E-state index is 12.9. The van der Waals surface area contributed by atoms with Gasteiger partial charge in [0, 0.05) is 19.3 Å². The molecule has 0 aromatic heterocycles. The Labute approximate surface area is 435 Å². The average molecular weight is 982 g/mol. The van der Waals surface area contributed by atoms with E-state index in [2.05, 4.69) is 69.4 Å². The number of rotatable bonds is 56. The first kappa shape index (κ1) is 67.4. The normalized spacial score (nSPS) is 12.3. The van der Waals surface area contributed by atoms with Crippen LogP contribution >= 0.6 is 0 Å². The highest BCUT2D eigenvalue weighted by atomic mass is 16.6. The van der Waals surface area contributed by atoms with Crippen LogP contribution in [-0.2, 0) is 28.6 Å². The van der Waals surface area contributed by atoms with Gasteiger partial charge in [-0.1, -0.05) is 249 Å². The minimum atomic E-state index is -0.783. The molecule has 0 aliphatic carbocycles. The number of carbonyl (C=O) groups excluding carboxylic acids is 3. The number of unbranched alkanes of at least 4 members (excludes halogenated alkanes) is 37. The van der Waals surface area contributed by atoms with Crippen molar-refractivity contribution < 1.29 is 28.6 Å². The van der Waals surface area contributed by atoms with E-state index in [0.29, 0.717) is 19.3 Å². The molecule has 0 spiro atoms. The minimum absolute atomic E-state index is 0.0800. The van der Waals surface area contributed by atoms with Gasteiger partial charge in [-0.25, -0.2) is 0 Å². The lowest BCUT2D eigenvalue weighted by molar-refractivity contribution is -0.167. The molecule has 0 bridgehead atoms. The van der Waals surface area contributed by atoms with Crippen molar-refractivity contribution in [2.75, 3.05) is 13.2 Å². The first-order valence-corrected chi connectivity index (χ1v) is 30.6. The molecule has 408 valence electrons. The van der Waals surface area contributed by atoms with Gasteiger partial charge in [-0.2, -0.15) is 0 Å². The quantitative estimate of drug-likeness (QED) is 0.0261. The molecule has 0 saturated heterocycles. The predicted octanol–water partition coefficient (Wildman–Crippen LogP) is 20.6. The van der Waals surface area contributed by atoms with E-state index < -0.39 is 6.10 Å². The fourth-order valence-electron chi connectivity index (χ4n) is 8.88. The van der Waals surface area contributed by atoms with E-state index in [1.807, 2.05) is 0 Å². The number of hydrogen-bond acceptors (Lipinski definition) is 6. The molecule has 0 heterocycles. The Morgan fingerprint density at radius 1 is 0.286 bits per heavy atom. The summed E-state index contributed by atoms with van der Waals surface area (Å²) in [7, 11) is 0. The van der Waals surface area contributed by atoms with Gasteiger partial charge in [-0.3, -0.25) is 14.4 Å². The SMILES string of the molecule is CCCCC/C=C\C/C=C\CCCCCCCC(=O)OC(COC(=O)CCCCCCC/C=C\CCCCCCC)COC(=O)CCCCCCCCCCCCC/C=C\CCCCCCCCCC. The van der Waals surface area contributed by atoms with Crippen LogP contribution in [0.5, 0.6) is 0 Å². The van der Waals surface area contributed by atoms with Crippen LogP contribution in [0.2, 0.25) is 0 Å². The third-order valence-electron chi connectivity index (χ3n) is 13.5. The lowest BCUT2D eigenvalue weighted by Crippen LogP contribution is -2.30. The molecule has 0 amide bonds. The Hall–Kier alpha value is -2.63. The Bertz CT molecular complexity index is 1220. The second kappa shape index (κ2) is 58.9. The number of esters is 3. The standard InChI is InChI=1S/C64H116O6/c1-4-7-10-13-16-19-22-25-28-29-30-31-32-33-34-35-37-39-42-45-48-51-54-57-63(66)69-60-61(59-68-62(65)56-53-50-47-44-41-38-27-24-21-18-15-12-9-6-3)70-64(67)58-55-52-49-46-43-40-36-26-23-20-17-14-11-8-5-2/h17,20,24,26-27,29-30,36,61H,4-16,18-19,21-23,25,28,31-35,37-60H2,1-3H3/b20-17-,27-24-,30-29-,36-26-. The Morgan fingerprint density at radius 3 is 0.829 bits per heavy atom. The smallest absolute Gasteiger partial charge is 0.306 e. The van der Waals surface area contributed by atoms with Crippen LogP contribution in [0.4, 0.5) is 0 Å². The zero-order valence-electron chi connectivity index (χ0n) is 46.8. The van der Waals surface area contributed by atoms with Crippen LogP contribution < -0.4 is 0 Å². The number of hydrogen-bond donors (Lipinski definition) is 0. The molecule has 1 atom stereocenters. The fraction of sp³-hybridized carbons (Fsp3) is 0.828. The number of carbonyl (C=O) groups is 3. The molecule has 0 aromatic rings. The maximum Gasteiger partial charge on any atom is 0.306 e. The van der Waals surface area contributed by atoms with E-state index in [4.69, 9.17) is 14.2 Å². The van der Waals surface area contributed by atoms with Gasteiger partial charge >= 0.3 is 17.9 Å². The summed E-state index contributed by atoms with van der Waals surface area (Å²) < 4.78 is 16.9. The molecule has 6 nitrogen and oxygen atoms in total. The van der Waals surface area contributed by atoms with Gasteiger partial charge < -0.3 is 14.2 Å². The van der Waals surface area contributed by atoms with Crippen LogP contribution in [0, 0.1) is 0 Å². The van der Waals surface area contributed by atoms with Crippen molar-refractivity contribution in [3.63, 3.8) is 0 Å². The van der Waals surface area contributed by atoms with E-state index >= 15 is 0 Å². The lowest BCUT2D eigenvalue weighted by atomic mass is 10.0. The van der Waals surface area contributed by atoms with E-state index in [0.717, 1.165) is 89.9 Å². The first-order valence-electron chi connectivity index (χ1n) is 30.6. The molecule has 0 N–H and O–H groups in total. The van der Waals surface area contributed by atoms with Crippen LogP contribution in [-0.4, -0.2) is 37.2 Å². The molecule has 0 aliphatic rings. The van der Waals surface area contributed by atoms with Crippen LogP contribution in [0.3, 0.4) is 0 Å². The van der Waals surface area contributed by atoms with Gasteiger partial charge in [0.25, 0.3) is 0 Å². The average Bonchev–Trinajstić information content (AvgIpc) is 3.36. The fourth-order valence-corrected chi connectivity index (χ4v) is 8.88. The molecule has 1 unspecified atom stereocenters. The van der Waals surface area contributed by atoms with Crippen molar-refractivity contribution in [3.8, 4) is 0 Å². The Kier molecular flexibility index (Phi) is 56.7. The summed E-state index contributed by atoms with van der Waals surface area (Å²) >= 11 is 0. The topological polar surface area (TPSA) is 78.9 Å². The number of allylic oxidation sites excluding steroid dienone is 8. The molecule has 0 saturated carbocycles. The second-order valence-electron chi connectivity index (χ2n) is 20.6. The molecule has 0 aliphatic heterocycles. The van der Waals surface area contributed by atoms with E-state index in [9.17, 15) is 14.4 Å². The summed E-state index contributed by atoms with van der Waals surface area (Å²) in [6.45, 7) is 6.62. The molecular formula is C64H116O6. The van der Waals surface area contributed by atoms with Crippen molar-refractivity contribution in [3.05, 3.63) is 48.6 Å². The molecule has 6 heteroatoms. The third-order valence-corrected chi connectivity index (χ3v) is 13.5. The monoisotopic (exact) mass is 981 g/mol. The summed E-state index contributed by atoms with van der Waals surface area (Å²) in [5.74, 6) is -0.888. The zero-order valence-corrected chi connectivity index (χ0v) is 46.8. The predicted molar refractivity (Wildman–Crippen MR) is 302 cm³/mol. The summed E-state index contributed by atoms with van der Waals surface area (Å²) in [4.78, 5) is 38.2. The highest BCUT2D eigenvalue weighted by Crippen LogP contribution is 2.16. The maximum atomic E-state index is 12.9. The molecule has 0 aromatic carbocycles. The minimum Gasteiger partial charge on any atom is -0.462 e. The first-order chi connectivity index (χ1) is 34.5. The van der Waals surface area contributed by atoms with Gasteiger partial charge in [-0.15, -0.1) is 0 Å². The van der Waals surface area contributed by atoms with Crippen molar-refractivity contribution in [1.29, 1.82) is 0 Å². The molecule has 0 rings (SSSR count). The van der Waals surface area contributed by atoms with Crippen molar-refractivity contribution >= 4 is 17.9 Å². The summed E-state index contributed by atoms with van der Waals surface area (Å²) in [5.41, 5.74) is 0. The van der Waals surface area contributed by atoms with Gasteiger partial charge in [-0.05, 0) is 103 Å². The van der Waals surface area contributed by atoms with Crippen LogP contribution in [0.1, 0.15) is 323 Å². The third kappa shape index (κ3) is 56.3. The second-order valence-corrected chi connectivity index (χ2v) is 20.6. The summed E-state index contributed by atoms with van der Waals surface area (Å²) in [6, 6.07) is 0. The lowest BCUT2D eigenvalue weighted by Gasteiger charge is -2.18. The van der Waals surface area contributed by atoms with E-state index in [1.165, 1.54) is 193 Å². The molecule has 0 fully saturated rings. The largest absolute Gasteiger partial charge is 0.462 e. The summed E-state index contributed by atoms with van der Waals surface area (Å²) in [5, 5.41) is 0. The van der Waals surface area contributed by atoms with Gasteiger partial charge in [0.1, 0.15) is 13.2 Å². The number of ether oxygens (including phenoxy) is 3. The van der Waals surface area contributed by atoms with Crippen molar-refractivity contribution in [1.82, 2.24) is 0 Å². The molecular weight excluding hydrogens is 865 g/mol. The molecule has 70 heavy (non-hydrogen) atoms. The van der Waals surface area contributed by atoms with Crippen LogP contribution in [0.15, 0.2) is 48.6 Å². The van der Waals surface area contributed by atoms with E-state index in [1.54, 1.807) is 0 Å². The highest BCUT2D eigenvalue weighted by Gasteiger charge is 2.19. The van der Waals surface area contributed by atoms with Gasteiger partial charge in [0.05, 0.1) is 0 Å². The highest BCUT2D eigenvalue weighted by molar-refractivity contribution is 5.71. The van der Waals surface area contributed by atoms with Gasteiger partial charge in [0.15, 0.2) is 6.10 Å². The molecule has 0 radical (unpaired) electrons. The summed E-state index contributed by atoms with van der Waals surface area (Å²) in [6.07, 6.45) is 72.5.